The van der Waals surface area contributed by atoms with E-state index in [0.717, 1.165) is 5.56 Å². The van der Waals surface area contributed by atoms with Crippen molar-refractivity contribution in [3.05, 3.63) is 35.4 Å². The van der Waals surface area contributed by atoms with Crippen LogP contribution in [0, 0.1) is 12.8 Å². The summed E-state index contributed by atoms with van der Waals surface area (Å²) in [7, 11) is 0. The highest BCUT2D eigenvalue weighted by Gasteiger charge is 2.63. The molecule has 0 radical (unpaired) electrons. The average molecular weight is 328 g/mol. The number of nitrogens with zero attached hydrogens (tertiary/aromatic N) is 2. The molecule has 23 heavy (non-hydrogen) atoms. The van der Waals surface area contributed by atoms with Crippen LogP contribution >= 0.6 is 0 Å². The molecule has 2 rings (SSSR count). The summed E-state index contributed by atoms with van der Waals surface area (Å²) in [6, 6.07) is 6.17. The zero-order valence-electron chi connectivity index (χ0n) is 13.2. The molecule has 7 heteroatoms. The van der Waals surface area contributed by atoms with Crippen LogP contribution in [0.25, 0.3) is 0 Å². The fourth-order valence-electron chi connectivity index (χ4n) is 2.54. The van der Waals surface area contributed by atoms with E-state index >= 15 is 0 Å². The van der Waals surface area contributed by atoms with Crippen molar-refractivity contribution in [1.82, 2.24) is 5.01 Å². The number of carbonyl (C=O) groups is 1. The SMILES string of the molecule is Cc1cccc(C(=O)N2N=C(CC(C)C)CC2(O)C(F)(F)F)c1. The molecule has 1 N–H and O–H groups in total. The van der Waals surface area contributed by atoms with Crippen LogP contribution in [-0.4, -0.2) is 33.6 Å². The van der Waals surface area contributed by atoms with Gasteiger partial charge in [-0.3, -0.25) is 4.79 Å². The number of aryl methyl sites for hydroxylation is 1. The number of amides is 1. The van der Waals surface area contributed by atoms with Gasteiger partial charge < -0.3 is 5.11 Å². The molecule has 1 atom stereocenters. The van der Waals surface area contributed by atoms with Crippen LogP contribution in [0.4, 0.5) is 13.2 Å². The maximum Gasteiger partial charge on any atom is 0.438 e. The average Bonchev–Trinajstić information content (AvgIpc) is 2.74. The van der Waals surface area contributed by atoms with Crippen LogP contribution in [-0.2, 0) is 0 Å². The van der Waals surface area contributed by atoms with Gasteiger partial charge in [0, 0.05) is 17.7 Å². The molecule has 1 aromatic carbocycles. The summed E-state index contributed by atoms with van der Waals surface area (Å²) in [5.41, 5.74) is -2.34. The monoisotopic (exact) mass is 328 g/mol. The van der Waals surface area contributed by atoms with Crippen LogP contribution in [0.2, 0.25) is 0 Å². The van der Waals surface area contributed by atoms with Crippen LogP contribution in [0.15, 0.2) is 29.4 Å². The molecule has 1 aromatic rings. The fraction of sp³-hybridized carbons (Fsp3) is 0.500. The smallest absolute Gasteiger partial charge is 0.362 e. The first-order valence-electron chi connectivity index (χ1n) is 7.31. The third-order valence-electron chi connectivity index (χ3n) is 3.60. The molecular weight excluding hydrogens is 309 g/mol. The Balaban J connectivity index is 2.41. The van der Waals surface area contributed by atoms with Crippen LogP contribution in [0.1, 0.15) is 42.6 Å². The topological polar surface area (TPSA) is 52.9 Å². The molecule has 0 aromatic heterocycles. The Bertz CT molecular complexity index is 640. The summed E-state index contributed by atoms with van der Waals surface area (Å²) in [5, 5.41) is 14.1. The van der Waals surface area contributed by atoms with Gasteiger partial charge in [0.25, 0.3) is 11.6 Å². The molecule has 0 saturated heterocycles. The van der Waals surface area contributed by atoms with Crippen LogP contribution in [0.5, 0.6) is 0 Å². The van der Waals surface area contributed by atoms with Gasteiger partial charge in [0.05, 0.1) is 0 Å². The number of hydrogen-bond donors (Lipinski definition) is 1. The Morgan fingerprint density at radius 3 is 2.61 bits per heavy atom. The van der Waals surface area contributed by atoms with E-state index in [2.05, 4.69) is 5.10 Å². The molecule has 0 bridgehead atoms. The zero-order chi connectivity index (χ0) is 17.4. The number of benzene rings is 1. The van der Waals surface area contributed by atoms with Gasteiger partial charge in [-0.05, 0) is 31.4 Å². The van der Waals surface area contributed by atoms with Gasteiger partial charge in [0.2, 0.25) is 0 Å². The second kappa shape index (κ2) is 5.96. The minimum Gasteiger partial charge on any atom is -0.362 e. The predicted octanol–water partition coefficient (Wildman–Crippen LogP) is 3.49. The molecule has 0 aliphatic carbocycles. The van der Waals surface area contributed by atoms with Gasteiger partial charge in [0.1, 0.15) is 0 Å². The lowest BCUT2D eigenvalue weighted by atomic mass is 9.99. The molecular formula is C16H19F3N2O2. The van der Waals surface area contributed by atoms with E-state index in [9.17, 15) is 23.1 Å². The summed E-state index contributed by atoms with van der Waals surface area (Å²) in [4.78, 5) is 12.5. The van der Waals surface area contributed by atoms with Gasteiger partial charge in [0.15, 0.2) is 0 Å². The van der Waals surface area contributed by atoms with Gasteiger partial charge >= 0.3 is 6.18 Å². The summed E-state index contributed by atoms with van der Waals surface area (Å²) in [5.74, 6) is -0.896. The van der Waals surface area contributed by atoms with E-state index in [1.807, 2.05) is 13.8 Å². The molecule has 1 amide bonds. The zero-order valence-corrected chi connectivity index (χ0v) is 13.2. The first-order valence-corrected chi connectivity index (χ1v) is 7.31. The van der Waals surface area contributed by atoms with E-state index in [1.165, 1.54) is 12.1 Å². The first kappa shape index (κ1) is 17.5. The van der Waals surface area contributed by atoms with E-state index in [1.54, 1.807) is 19.1 Å². The van der Waals surface area contributed by atoms with E-state index in [4.69, 9.17) is 0 Å². The number of hydrazone groups is 1. The van der Waals surface area contributed by atoms with Gasteiger partial charge in [-0.1, -0.05) is 31.5 Å². The normalized spacial score (nSPS) is 21.7. The van der Waals surface area contributed by atoms with Gasteiger partial charge in [-0.15, -0.1) is 0 Å². The molecule has 0 saturated carbocycles. The lowest BCUT2D eigenvalue weighted by Gasteiger charge is -2.32. The molecule has 1 aliphatic rings. The van der Waals surface area contributed by atoms with Crippen molar-refractivity contribution in [2.45, 2.75) is 45.5 Å². The molecule has 1 aliphatic heterocycles. The Hall–Kier alpha value is -1.89. The highest BCUT2D eigenvalue weighted by atomic mass is 19.4. The lowest BCUT2D eigenvalue weighted by Crippen LogP contribution is -2.56. The summed E-state index contributed by atoms with van der Waals surface area (Å²) in [6.07, 6.45) is -5.42. The van der Waals surface area contributed by atoms with E-state index in [0.29, 0.717) is 0 Å². The molecule has 1 heterocycles. The maximum absolute atomic E-state index is 13.3. The number of halogens is 3. The minimum atomic E-state index is -4.99. The van der Waals surface area contributed by atoms with E-state index in [-0.39, 0.29) is 28.6 Å². The quantitative estimate of drug-likeness (QED) is 0.923. The van der Waals surface area contributed by atoms with Crippen LogP contribution < -0.4 is 0 Å². The summed E-state index contributed by atoms with van der Waals surface area (Å²) < 4.78 is 40.0. The van der Waals surface area contributed by atoms with Crippen molar-refractivity contribution in [3.63, 3.8) is 0 Å². The second-order valence-electron chi connectivity index (χ2n) is 6.24. The van der Waals surface area contributed by atoms with Crippen molar-refractivity contribution < 1.29 is 23.1 Å². The Kier molecular flexibility index (Phi) is 4.52. The molecule has 126 valence electrons. The number of rotatable bonds is 3. The van der Waals surface area contributed by atoms with Crippen molar-refractivity contribution in [1.29, 1.82) is 0 Å². The lowest BCUT2D eigenvalue weighted by molar-refractivity contribution is -0.297. The van der Waals surface area contributed by atoms with Gasteiger partial charge in [-0.2, -0.15) is 23.3 Å². The van der Waals surface area contributed by atoms with Crippen molar-refractivity contribution in [2.75, 3.05) is 0 Å². The molecule has 4 nitrogen and oxygen atoms in total. The third-order valence-corrected chi connectivity index (χ3v) is 3.60. The largest absolute Gasteiger partial charge is 0.438 e. The number of hydrogen-bond acceptors (Lipinski definition) is 3. The highest BCUT2D eigenvalue weighted by Crippen LogP contribution is 2.41. The Labute approximate surface area is 132 Å². The van der Waals surface area contributed by atoms with E-state index < -0.39 is 24.2 Å². The third kappa shape index (κ3) is 3.39. The maximum atomic E-state index is 13.3. The number of carbonyl (C=O) groups excluding carboxylic acids is 1. The van der Waals surface area contributed by atoms with Crippen LogP contribution in [0.3, 0.4) is 0 Å². The summed E-state index contributed by atoms with van der Waals surface area (Å²) >= 11 is 0. The predicted molar refractivity (Wildman–Crippen MR) is 79.9 cm³/mol. The number of aliphatic hydroxyl groups is 1. The Morgan fingerprint density at radius 1 is 1.43 bits per heavy atom. The standard InChI is InChI=1S/C16H19F3N2O2/c1-10(2)7-13-9-15(23,16(17,18)19)21(20-13)14(22)12-6-4-5-11(3)8-12/h4-6,8,10,23H,7,9H2,1-3H3. The number of alkyl halides is 3. The summed E-state index contributed by atoms with van der Waals surface area (Å²) in [6.45, 7) is 5.39. The molecule has 0 fully saturated rings. The first-order chi connectivity index (χ1) is 10.5. The molecule has 1 unspecified atom stereocenters. The van der Waals surface area contributed by atoms with Crippen molar-refractivity contribution in [2.24, 2.45) is 11.0 Å². The molecule has 0 spiro atoms. The fourth-order valence-corrected chi connectivity index (χ4v) is 2.54. The second-order valence-corrected chi connectivity index (χ2v) is 6.24. The van der Waals surface area contributed by atoms with Gasteiger partial charge in [-0.25, -0.2) is 0 Å². The van der Waals surface area contributed by atoms with Crippen molar-refractivity contribution in [3.8, 4) is 0 Å². The minimum absolute atomic E-state index is 0.0576. The highest BCUT2D eigenvalue weighted by molar-refractivity contribution is 5.98. The van der Waals surface area contributed by atoms with Crippen molar-refractivity contribution >= 4 is 11.6 Å². The Morgan fingerprint density at radius 2 is 2.09 bits per heavy atom.